The van der Waals surface area contributed by atoms with Gasteiger partial charge in [-0.25, -0.2) is 0 Å². The number of nitrogens with zero attached hydrogens (tertiary/aromatic N) is 1. The van der Waals surface area contributed by atoms with E-state index in [4.69, 9.17) is 9.84 Å². The van der Waals surface area contributed by atoms with Gasteiger partial charge in [-0.3, -0.25) is 9.59 Å². The molecule has 5 nitrogen and oxygen atoms in total. The van der Waals surface area contributed by atoms with Crippen LogP contribution in [0.5, 0.6) is 5.75 Å². The van der Waals surface area contributed by atoms with E-state index in [9.17, 15) is 9.59 Å². The SMILES string of the molecule is O=C(O)CCCCCOc1ccccc1CN(Cc1ccccc1)C(=O)c1ccc(-c2cccs2)cc1. The molecule has 0 aliphatic carbocycles. The summed E-state index contributed by atoms with van der Waals surface area (Å²) >= 11 is 1.68. The lowest BCUT2D eigenvalue weighted by Crippen LogP contribution is -2.30. The van der Waals surface area contributed by atoms with Gasteiger partial charge in [0.15, 0.2) is 0 Å². The van der Waals surface area contributed by atoms with E-state index >= 15 is 0 Å². The molecular weight excluding hydrogens is 482 g/mol. The summed E-state index contributed by atoms with van der Waals surface area (Å²) in [6.45, 7) is 1.40. The van der Waals surface area contributed by atoms with Gasteiger partial charge in [-0.2, -0.15) is 0 Å². The van der Waals surface area contributed by atoms with Crippen LogP contribution in [0.15, 0.2) is 96.4 Å². The predicted molar refractivity (Wildman–Crippen MR) is 148 cm³/mol. The first kappa shape index (κ1) is 26.2. The van der Waals surface area contributed by atoms with E-state index < -0.39 is 5.97 Å². The molecule has 1 aromatic heterocycles. The molecule has 0 saturated carbocycles. The van der Waals surface area contributed by atoms with E-state index in [2.05, 4.69) is 6.07 Å². The lowest BCUT2D eigenvalue weighted by Gasteiger charge is -2.24. The van der Waals surface area contributed by atoms with Crippen molar-refractivity contribution >= 4 is 23.2 Å². The van der Waals surface area contributed by atoms with Crippen molar-refractivity contribution in [3.63, 3.8) is 0 Å². The van der Waals surface area contributed by atoms with Crippen molar-refractivity contribution in [2.24, 2.45) is 0 Å². The molecule has 1 N–H and O–H groups in total. The normalized spacial score (nSPS) is 10.7. The Bertz CT molecular complexity index is 1270. The van der Waals surface area contributed by atoms with Crippen molar-refractivity contribution in [3.05, 3.63) is 113 Å². The molecule has 0 atom stereocenters. The maximum absolute atomic E-state index is 13.7. The number of carbonyl (C=O) groups excluding carboxylic acids is 1. The molecule has 0 bridgehead atoms. The molecular formula is C31H31NO4S. The summed E-state index contributed by atoms with van der Waals surface area (Å²) in [4.78, 5) is 27.4. The molecule has 6 heteroatoms. The average Bonchev–Trinajstić information content (AvgIpc) is 3.46. The van der Waals surface area contributed by atoms with Gasteiger partial charge in [0.2, 0.25) is 0 Å². The maximum Gasteiger partial charge on any atom is 0.303 e. The van der Waals surface area contributed by atoms with Crippen molar-refractivity contribution in [1.29, 1.82) is 0 Å². The fraction of sp³-hybridized carbons (Fsp3) is 0.226. The number of rotatable bonds is 13. The van der Waals surface area contributed by atoms with Crippen LogP contribution in [0.1, 0.15) is 47.2 Å². The number of aliphatic carboxylic acids is 1. The predicted octanol–water partition coefficient (Wildman–Crippen LogP) is 7.28. The van der Waals surface area contributed by atoms with Gasteiger partial charge in [0.25, 0.3) is 5.91 Å². The Morgan fingerprint density at radius 1 is 0.784 bits per heavy atom. The number of unbranched alkanes of at least 4 members (excludes halogenated alkanes) is 2. The van der Waals surface area contributed by atoms with E-state index in [1.807, 2.05) is 95.2 Å². The van der Waals surface area contributed by atoms with E-state index in [-0.39, 0.29) is 12.3 Å². The number of hydrogen-bond acceptors (Lipinski definition) is 4. The number of thiophene rings is 1. The van der Waals surface area contributed by atoms with Gasteiger partial charge in [-0.15, -0.1) is 11.3 Å². The minimum Gasteiger partial charge on any atom is -0.493 e. The Kier molecular flexibility index (Phi) is 9.49. The second-order valence-electron chi connectivity index (χ2n) is 8.86. The number of para-hydroxylation sites is 1. The number of carboxylic acids is 1. The van der Waals surface area contributed by atoms with Gasteiger partial charge in [0.05, 0.1) is 6.61 Å². The zero-order valence-corrected chi connectivity index (χ0v) is 21.5. The van der Waals surface area contributed by atoms with Crippen LogP contribution in [0.4, 0.5) is 0 Å². The van der Waals surface area contributed by atoms with Gasteiger partial charge in [-0.05, 0) is 60.0 Å². The molecule has 3 aromatic carbocycles. The van der Waals surface area contributed by atoms with Crippen molar-refractivity contribution in [1.82, 2.24) is 4.90 Å². The summed E-state index contributed by atoms with van der Waals surface area (Å²) in [6.07, 6.45) is 2.41. The highest BCUT2D eigenvalue weighted by molar-refractivity contribution is 7.13. The molecule has 4 aromatic rings. The largest absolute Gasteiger partial charge is 0.493 e. The lowest BCUT2D eigenvalue weighted by molar-refractivity contribution is -0.137. The van der Waals surface area contributed by atoms with Gasteiger partial charge in [0.1, 0.15) is 5.75 Å². The zero-order chi connectivity index (χ0) is 25.9. The van der Waals surface area contributed by atoms with Crippen molar-refractivity contribution in [3.8, 4) is 16.2 Å². The highest BCUT2D eigenvalue weighted by atomic mass is 32.1. The third-order valence-corrected chi connectivity index (χ3v) is 6.99. The number of hydrogen-bond donors (Lipinski definition) is 1. The standard InChI is InChI=1S/C31H31NO4S/c33-30(34)15-5-2-8-20-36-28-13-7-6-12-27(28)23-32(22-24-10-3-1-4-11-24)31(35)26-18-16-25(17-19-26)29-14-9-21-37-29/h1,3-4,6-7,9-14,16-19,21H,2,5,8,15,20,22-23H2,(H,33,34). The van der Waals surface area contributed by atoms with Crippen LogP contribution in [-0.4, -0.2) is 28.5 Å². The molecule has 0 aliphatic rings. The minimum absolute atomic E-state index is 0.0370. The zero-order valence-electron chi connectivity index (χ0n) is 20.7. The lowest BCUT2D eigenvalue weighted by atomic mass is 10.1. The Balaban J connectivity index is 1.48. The van der Waals surface area contributed by atoms with Gasteiger partial charge in [0, 0.05) is 35.5 Å². The molecule has 0 spiro atoms. The molecule has 37 heavy (non-hydrogen) atoms. The van der Waals surface area contributed by atoms with Crippen molar-refractivity contribution in [2.45, 2.75) is 38.8 Å². The highest BCUT2D eigenvalue weighted by Crippen LogP contribution is 2.26. The summed E-state index contributed by atoms with van der Waals surface area (Å²) in [5.41, 5.74) is 3.74. The number of carboxylic acid groups (broad SMARTS) is 1. The molecule has 0 aliphatic heterocycles. The van der Waals surface area contributed by atoms with Crippen LogP contribution in [0.3, 0.4) is 0 Å². The third kappa shape index (κ3) is 7.79. The summed E-state index contributed by atoms with van der Waals surface area (Å²) in [5.74, 6) is -0.0553. The van der Waals surface area contributed by atoms with Crippen LogP contribution < -0.4 is 4.74 Å². The first-order valence-electron chi connectivity index (χ1n) is 12.5. The molecule has 4 rings (SSSR count). The van der Waals surface area contributed by atoms with Crippen LogP contribution >= 0.6 is 11.3 Å². The third-order valence-electron chi connectivity index (χ3n) is 6.07. The Morgan fingerprint density at radius 2 is 1.54 bits per heavy atom. The first-order chi connectivity index (χ1) is 18.1. The smallest absolute Gasteiger partial charge is 0.303 e. The first-order valence-corrected chi connectivity index (χ1v) is 13.4. The number of amides is 1. The number of carbonyl (C=O) groups is 2. The minimum atomic E-state index is -0.768. The quantitative estimate of drug-likeness (QED) is 0.191. The van der Waals surface area contributed by atoms with Gasteiger partial charge >= 0.3 is 5.97 Å². The fourth-order valence-electron chi connectivity index (χ4n) is 4.12. The highest BCUT2D eigenvalue weighted by Gasteiger charge is 2.19. The molecule has 0 unspecified atom stereocenters. The second kappa shape index (κ2) is 13.4. The molecule has 1 heterocycles. The Morgan fingerprint density at radius 3 is 2.27 bits per heavy atom. The topological polar surface area (TPSA) is 66.8 Å². The average molecular weight is 514 g/mol. The molecule has 0 fully saturated rings. The van der Waals surface area contributed by atoms with Gasteiger partial charge in [-0.1, -0.05) is 66.7 Å². The number of benzene rings is 3. The maximum atomic E-state index is 13.7. The van der Waals surface area contributed by atoms with E-state index in [0.29, 0.717) is 31.7 Å². The van der Waals surface area contributed by atoms with Gasteiger partial charge < -0.3 is 14.7 Å². The monoisotopic (exact) mass is 513 g/mol. The molecule has 1 amide bonds. The summed E-state index contributed by atoms with van der Waals surface area (Å²) < 4.78 is 6.05. The summed E-state index contributed by atoms with van der Waals surface area (Å²) in [6, 6.07) is 29.7. The number of ether oxygens (including phenoxy) is 1. The second-order valence-corrected chi connectivity index (χ2v) is 9.81. The Labute approximate surface area is 222 Å². The molecule has 0 saturated heterocycles. The molecule has 190 valence electrons. The van der Waals surface area contributed by atoms with Crippen LogP contribution in [-0.2, 0) is 17.9 Å². The fourth-order valence-corrected chi connectivity index (χ4v) is 4.86. The Hall–Kier alpha value is -3.90. The van der Waals surface area contributed by atoms with Crippen LogP contribution in [0.25, 0.3) is 10.4 Å². The molecule has 0 radical (unpaired) electrons. The van der Waals surface area contributed by atoms with E-state index in [1.54, 1.807) is 11.3 Å². The van der Waals surface area contributed by atoms with E-state index in [1.165, 1.54) is 4.88 Å². The van der Waals surface area contributed by atoms with Crippen LogP contribution in [0, 0.1) is 0 Å². The van der Waals surface area contributed by atoms with Crippen molar-refractivity contribution in [2.75, 3.05) is 6.61 Å². The summed E-state index contributed by atoms with van der Waals surface area (Å²) in [7, 11) is 0. The van der Waals surface area contributed by atoms with Crippen molar-refractivity contribution < 1.29 is 19.4 Å². The summed E-state index contributed by atoms with van der Waals surface area (Å²) in [5, 5.41) is 10.8. The van der Waals surface area contributed by atoms with E-state index in [0.717, 1.165) is 35.3 Å². The van der Waals surface area contributed by atoms with Crippen LogP contribution in [0.2, 0.25) is 0 Å².